The molecule has 10 heavy (non-hydrogen) atoms. The van der Waals surface area contributed by atoms with E-state index in [0.717, 1.165) is 0 Å². The van der Waals surface area contributed by atoms with E-state index >= 15 is 0 Å². The number of rotatable bonds is 3. The number of carbonyl (C=O) groups excluding carboxylic acids is 1. The minimum Gasteiger partial charge on any atom is -0.391 e. The largest absolute Gasteiger partial charge is 0.391 e. The molecule has 2 atom stereocenters. The van der Waals surface area contributed by atoms with Crippen molar-refractivity contribution in [2.45, 2.75) is 26.1 Å². The summed E-state index contributed by atoms with van der Waals surface area (Å²) in [5.74, 6) is -0.209. The summed E-state index contributed by atoms with van der Waals surface area (Å²) in [6.45, 7) is 2.92. The molecule has 1 amide bonds. The predicted octanol–water partition coefficient (Wildman–Crippen LogP) is -1.14. The highest BCUT2D eigenvalue weighted by Crippen LogP contribution is 1.88. The van der Waals surface area contributed by atoms with Gasteiger partial charge in [0.15, 0.2) is 0 Å². The molecule has 0 aliphatic carbocycles. The van der Waals surface area contributed by atoms with E-state index in [1.54, 1.807) is 0 Å². The minimum absolute atomic E-state index is 0.104. The van der Waals surface area contributed by atoms with Crippen LogP contribution in [0.5, 0.6) is 0 Å². The lowest BCUT2D eigenvalue weighted by Crippen LogP contribution is -2.36. The van der Waals surface area contributed by atoms with Crippen LogP contribution in [0.2, 0.25) is 0 Å². The highest BCUT2D eigenvalue weighted by Gasteiger charge is 2.09. The Labute approximate surface area is 59.9 Å². The number of hydrogen-bond donors (Lipinski definition) is 3. The molecule has 0 saturated heterocycles. The maximum atomic E-state index is 10.3. The molecule has 4 heteroatoms. The quantitative estimate of drug-likeness (QED) is 0.473. The summed E-state index contributed by atoms with van der Waals surface area (Å²) in [7, 11) is 0. The van der Waals surface area contributed by atoms with Crippen molar-refractivity contribution in [1.82, 2.24) is 5.32 Å². The lowest BCUT2D eigenvalue weighted by molar-refractivity contribution is -0.119. The minimum atomic E-state index is -0.871. The van der Waals surface area contributed by atoms with Crippen LogP contribution in [0.25, 0.3) is 0 Å². The monoisotopic (exact) mass is 147 g/mol. The van der Waals surface area contributed by atoms with Crippen molar-refractivity contribution in [2.24, 2.45) is 0 Å². The zero-order valence-corrected chi connectivity index (χ0v) is 6.16. The summed E-state index contributed by atoms with van der Waals surface area (Å²) in [5, 5.41) is 20.0. The Balaban J connectivity index is 3.39. The third-order valence-electron chi connectivity index (χ3n) is 1.12. The highest BCUT2D eigenvalue weighted by atomic mass is 16.3. The van der Waals surface area contributed by atoms with Gasteiger partial charge in [0.25, 0.3) is 0 Å². The molecule has 0 aromatic carbocycles. The lowest BCUT2D eigenvalue weighted by atomic mass is 10.2. The third kappa shape index (κ3) is 4.29. The number of hydrogen-bond acceptors (Lipinski definition) is 3. The Morgan fingerprint density at radius 1 is 1.60 bits per heavy atom. The van der Waals surface area contributed by atoms with Crippen LogP contribution >= 0.6 is 0 Å². The van der Waals surface area contributed by atoms with E-state index in [4.69, 9.17) is 10.2 Å². The van der Waals surface area contributed by atoms with Crippen LogP contribution in [0, 0.1) is 0 Å². The van der Waals surface area contributed by atoms with E-state index in [9.17, 15) is 4.79 Å². The summed E-state index contributed by atoms with van der Waals surface area (Å²) in [5.41, 5.74) is 0. The molecule has 0 rings (SSSR count). The fraction of sp³-hybridized carbons (Fsp3) is 0.833. The molecule has 0 spiro atoms. The first kappa shape index (κ1) is 9.39. The van der Waals surface area contributed by atoms with Crippen LogP contribution in [-0.2, 0) is 4.79 Å². The molecule has 0 radical (unpaired) electrons. The van der Waals surface area contributed by atoms with Crippen LogP contribution < -0.4 is 5.32 Å². The second-order valence-electron chi connectivity index (χ2n) is 2.25. The maximum absolute atomic E-state index is 10.3. The van der Waals surface area contributed by atoms with Gasteiger partial charge < -0.3 is 15.5 Å². The smallest absolute Gasteiger partial charge is 0.216 e. The first-order valence-electron chi connectivity index (χ1n) is 3.14. The predicted molar refractivity (Wildman–Crippen MR) is 36.4 cm³/mol. The van der Waals surface area contributed by atoms with E-state index in [-0.39, 0.29) is 12.5 Å². The molecule has 0 fully saturated rings. The molecule has 0 aliphatic rings. The first-order valence-corrected chi connectivity index (χ1v) is 3.14. The number of carbonyl (C=O) groups is 1. The van der Waals surface area contributed by atoms with Crippen molar-refractivity contribution in [1.29, 1.82) is 0 Å². The summed E-state index contributed by atoms with van der Waals surface area (Å²) in [6.07, 6.45) is -1.67. The summed E-state index contributed by atoms with van der Waals surface area (Å²) in [4.78, 5) is 10.3. The van der Waals surface area contributed by atoms with Gasteiger partial charge in [-0.2, -0.15) is 0 Å². The van der Waals surface area contributed by atoms with Gasteiger partial charge >= 0.3 is 0 Å². The van der Waals surface area contributed by atoms with Crippen molar-refractivity contribution in [3.05, 3.63) is 0 Å². The number of amides is 1. The number of nitrogens with one attached hydrogen (secondary N) is 1. The van der Waals surface area contributed by atoms with Gasteiger partial charge in [-0.15, -0.1) is 0 Å². The first-order chi connectivity index (χ1) is 4.54. The Bertz CT molecular complexity index is 114. The summed E-state index contributed by atoms with van der Waals surface area (Å²) in [6, 6.07) is 0. The van der Waals surface area contributed by atoms with Gasteiger partial charge in [-0.25, -0.2) is 0 Å². The fourth-order valence-electron chi connectivity index (χ4n) is 0.419. The molecule has 0 aliphatic heterocycles. The van der Waals surface area contributed by atoms with Crippen LogP contribution in [0.1, 0.15) is 13.8 Å². The van der Waals surface area contributed by atoms with Gasteiger partial charge in [-0.05, 0) is 6.92 Å². The molecule has 0 saturated carbocycles. The zero-order chi connectivity index (χ0) is 8.15. The number of aliphatic hydroxyl groups excluding tert-OH is 2. The van der Waals surface area contributed by atoms with E-state index in [1.807, 2.05) is 0 Å². The maximum Gasteiger partial charge on any atom is 0.216 e. The van der Waals surface area contributed by atoms with E-state index in [0.29, 0.717) is 0 Å². The molecule has 0 bridgehead atoms. The molecule has 2 unspecified atom stereocenters. The SMILES string of the molecule is CC(=O)NCC(O)C(C)O. The van der Waals surface area contributed by atoms with E-state index in [2.05, 4.69) is 5.32 Å². The second-order valence-corrected chi connectivity index (χ2v) is 2.25. The van der Waals surface area contributed by atoms with Gasteiger partial charge in [0.2, 0.25) is 5.91 Å². The average molecular weight is 147 g/mol. The summed E-state index contributed by atoms with van der Waals surface area (Å²) < 4.78 is 0. The average Bonchev–Trinajstić information content (AvgIpc) is 1.82. The summed E-state index contributed by atoms with van der Waals surface area (Å²) >= 11 is 0. The zero-order valence-electron chi connectivity index (χ0n) is 6.16. The third-order valence-corrected chi connectivity index (χ3v) is 1.12. The van der Waals surface area contributed by atoms with Crippen LogP contribution in [0.3, 0.4) is 0 Å². The molecule has 60 valence electrons. The van der Waals surface area contributed by atoms with Gasteiger partial charge in [-0.1, -0.05) is 0 Å². The van der Waals surface area contributed by atoms with E-state index in [1.165, 1.54) is 13.8 Å². The second kappa shape index (κ2) is 4.24. The normalized spacial score (nSPS) is 16.0. The van der Waals surface area contributed by atoms with Gasteiger partial charge in [0, 0.05) is 13.5 Å². The molecular weight excluding hydrogens is 134 g/mol. The molecular formula is C6H13NO3. The molecule has 4 nitrogen and oxygen atoms in total. The molecule has 0 aromatic heterocycles. The van der Waals surface area contributed by atoms with E-state index < -0.39 is 12.2 Å². The van der Waals surface area contributed by atoms with Crippen molar-refractivity contribution >= 4 is 5.91 Å². The molecule has 3 N–H and O–H groups in total. The van der Waals surface area contributed by atoms with Gasteiger partial charge in [0.05, 0.1) is 12.2 Å². The van der Waals surface area contributed by atoms with Gasteiger partial charge in [0.1, 0.15) is 0 Å². The highest BCUT2D eigenvalue weighted by molar-refractivity contribution is 5.72. The van der Waals surface area contributed by atoms with Crippen LogP contribution in [0.4, 0.5) is 0 Å². The van der Waals surface area contributed by atoms with Crippen LogP contribution in [0.15, 0.2) is 0 Å². The van der Waals surface area contributed by atoms with Crippen molar-refractivity contribution in [3.63, 3.8) is 0 Å². The standard InChI is InChI=1S/C6H13NO3/c1-4(8)6(10)3-7-5(2)9/h4,6,8,10H,3H2,1-2H3,(H,7,9). The molecule has 0 heterocycles. The van der Waals surface area contributed by atoms with Crippen molar-refractivity contribution < 1.29 is 15.0 Å². The van der Waals surface area contributed by atoms with Crippen LogP contribution in [-0.4, -0.2) is 34.9 Å². The fourth-order valence-corrected chi connectivity index (χ4v) is 0.419. The Morgan fingerprint density at radius 3 is 2.40 bits per heavy atom. The number of aliphatic hydroxyl groups is 2. The molecule has 0 aromatic rings. The van der Waals surface area contributed by atoms with Gasteiger partial charge in [-0.3, -0.25) is 4.79 Å². The van der Waals surface area contributed by atoms with Crippen molar-refractivity contribution in [2.75, 3.05) is 6.54 Å². The Kier molecular flexibility index (Phi) is 3.99. The Hall–Kier alpha value is -0.610. The topological polar surface area (TPSA) is 69.6 Å². The lowest BCUT2D eigenvalue weighted by Gasteiger charge is -2.12. The Morgan fingerprint density at radius 2 is 2.10 bits per heavy atom. The van der Waals surface area contributed by atoms with Crippen molar-refractivity contribution in [3.8, 4) is 0 Å².